The van der Waals surface area contributed by atoms with Crippen LogP contribution in [0.4, 0.5) is 11.8 Å². The number of halogens is 1. The zero-order valence-electron chi connectivity index (χ0n) is 18.1. The Morgan fingerprint density at radius 3 is 2.34 bits per heavy atom. The number of aromatic nitrogens is 2. The molecule has 168 valence electrons. The molecule has 0 amide bonds. The van der Waals surface area contributed by atoms with E-state index in [0.717, 1.165) is 54.4 Å². The molecule has 2 aromatic carbocycles. The van der Waals surface area contributed by atoms with Crippen LogP contribution in [-0.2, 0) is 13.0 Å². The Morgan fingerprint density at radius 1 is 1.03 bits per heavy atom. The number of aliphatic hydroxyl groups is 1. The molecule has 3 aromatic rings. The maximum atomic E-state index is 9.81. The van der Waals surface area contributed by atoms with Gasteiger partial charge in [-0.3, -0.25) is 4.90 Å². The van der Waals surface area contributed by atoms with Crippen molar-refractivity contribution in [1.82, 2.24) is 14.9 Å². The predicted octanol–water partition coefficient (Wildman–Crippen LogP) is 3.34. The Hall–Kier alpha value is -2.87. The van der Waals surface area contributed by atoms with Gasteiger partial charge in [0, 0.05) is 49.4 Å². The monoisotopic (exact) mass is 453 g/mol. The molecule has 0 radical (unpaired) electrons. The second-order valence-electron chi connectivity index (χ2n) is 7.97. The number of nitrogens with zero attached hydrogens (tertiary/aromatic N) is 4. The normalized spacial score (nSPS) is 15.5. The van der Waals surface area contributed by atoms with Gasteiger partial charge in [0.15, 0.2) is 0 Å². The van der Waals surface area contributed by atoms with Gasteiger partial charge in [0.1, 0.15) is 24.4 Å². The minimum Gasteiger partial charge on any atom is -0.489 e. The SMILES string of the molecule is CC(O)N1CCN(c2nc(N)ncc2Cc2ccc(OCc3ccc(Cl)cc3)cc2)CC1. The lowest BCUT2D eigenvalue weighted by atomic mass is 10.1. The number of nitrogens with two attached hydrogens (primary N) is 1. The maximum Gasteiger partial charge on any atom is 0.221 e. The summed E-state index contributed by atoms with van der Waals surface area (Å²) in [5, 5.41) is 10.5. The van der Waals surface area contributed by atoms with Crippen molar-refractivity contribution < 1.29 is 9.84 Å². The second kappa shape index (κ2) is 10.2. The summed E-state index contributed by atoms with van der Waals surface area (Å²) in [6.07, 6.45) is 2.07. The molecule has 1 aliphatic rings. The van der Waals surface area contributed by atoms with Crippen molar-refractivity contribution in [1.29, 1.82) is 0 Å². The average molecular weight is 454 g/mol. The van der Waals surface area contributed by atoms with Crippen LogP contribution >= 0.6 is 11.6 Å². The van der Waals surface area contributed by atoms with Crippen LogP contribution in [0, 0.1) is 0 Å². The molecule has 0 spiro atoms. The molecule has 4 rings (SSSR count). The molecule has 8 heteroatoms. The van der Waals surface area contributed by atoms with Gasteiger partial charge in [-0.1, -0.05) is 35.9 Å². The standard InChI is InChI=1S/C24H28ClN5O2/c1-17(31)29-10-12-30(13-11-29)23-20(15-27-24(26)28-23)14-18-4-8-22(9-5-18)32-16-19-2-6-21(25)7-3-19/h2-9,15,17,31H,10-14,16H2,1H3,(H2,26,27,28). The van der Waals surface area contributed by atoms with E-state index in [9.17, 15) is 5.11 Å². The van der Waals surface area contributed by atoms with Crippen LogP contribution in [0.3, 0.4) is 0 Å². The lowest BCUT2D eigenvalue weighted by Gasteiger charge is -2.37. The van der Waals surface area contributed by atoms with Crippen LogP contribution in [0.1, 0.15) is 23.6 Å². The third kappa shape index (κ3) is 5.68. The third-order valence-electron chi connectivity index (χ3n) is 5.64. The molecule has 7 nitrogen and oxygen atoms in total. The van der Waals surface area contributed by atoms with Crippen LogP contribution in [0.25, 0.3) is 0 Å². The molecular weight excluding hydrogens is 426 g/mol. The molecule has 0 aliphatic carbocycles. The molecule has 0 saturated carbocycles. The van der Waals surface area contributed by atoms with E-state index in [4.69, 9.17) is 22.1 Å². The smallest absolute Gasteiger partial charge is 0.221 e. The summed E-state index contributed by atoms with van der Waals surface area (Å²) in [5.74, 6) is 1.95. The van der Waals surface area contributed by atoms with Crippen LogP contribution < -0.4 is 15.4 Å². The maximum absolute atomic E-state index is 9.81. The summed E-state index contributed by atoms with van der Waals surface area (Å²) in [7, 11) is 0. The fourth-order valence-electron chi connectivity index (χ4n) is 3.79. The van der Waals surface area contributed by atoms with E-state index < -0.39 is 6.23 Å². The molecule has 1 atom stereocenters. The summed E-state index contributed by atoms with van der Waals surface area (Å²) in [6.45, 7) is 5.41. The first-order valence-corrected chi connectivity index (χ1v) is 11.1. The van der Waals surface area contributed by atoms with Crippen molar-refractivity contribution in [2.75, 3.05) is 36.8 Å². The first-order chi connectivity index (χ1) is 15.5. The van der Waals surface area contributed by atoms with Crippen molar-refractivity contribution in [2.45, 2.75) is 26.2 Å². The largest absolute Gasteiger partial charge is 0.489 e. The highest BCUT2D eigenvalue weighted by atomic mass is 35.5. The van der Waals surface area contributed by atoms with E-state index in [1.807, 2.05) is 47.5 Å². The van der Waals surface area contributed by atoms with Crippen LogP contribution in [0.2, 0.25) is 5.02 Å². The van der Waals surface area contributed by atoms with Gasteiger partial charge < -0.3 is 20.5 Å². The number of aliphatic hydroxyl groups excluding tert-OH is 1. The topological polar surface area (TPSA) is 87.7 Å². The second-order valence-corrected chi connectivity index (χ2v) is 8.40. The summed E-state index contributed by atoms with van der Waals surface area (Å²) in [6, 6.07) is 15.7. The van der Waals surface area contributed by atoms with Crippen molar-refractivity contribution in [3.63, 3.8) is 0 Å². The van der Waals surface area contributed by atoms with Crippen LogP contribution in [0.15, 0.2) is 54.7 Å². The van der Waals surface area contributed by atoms with Gasteiger partial charge in [-0.05, 0) is 42.3 Å². The average Bonchev–Trinajstić information content (AvgIpc) is 2.81. The molecule has 3 N–H and O–H groups in total. The molecular formula is C24H28ClN5O2. The molecule has 1 fully saturated rings. The minimum atomic E-state index is -0.437. The Labute approximate surface area is 193 Å². The fraction of sp³-hybridized carbons (Fsp3) is 0.333. The molecule has 1 unspecified atom stereocenters. The van der Waals surface area contributed by atoms with Gasteiger partial charge in [0.05, 0.1) is 0 Å². The van der Waals surface area contributed by atoms with Crippen LogP contribution in [-0.4, -0.2) is 52.4 Å². The van der Waals surface area contributed by atoms with Gasteiger partial charge in [0.2, 0.25) is 5.95 Å². The van der Waals surface area contributed by atoms with E-state index in [1.165, 1.54) is 0 Å². The van der Waals surface area contributed by atoms with Crippen molar-refractivity contribution in [3.8, 4) is 5.75 Å². The number of piperazine rings is 1. The lowest BCUT2D eigenvalue weighted by Crippen LogP contribution is -2.50. The summed E-state index contributed by atoms with van der Waals surface area (Å²) >= 11 is 5.93. The number of hydrogen-bond donors (Lipinski definition) is 2. The molecule has 32 heavy (non-hydrogen) atoms. The zero-order valence-corrected chi connectivity index (χ0v) is 18.9. The third-order valence-corrected chi connectivity index (χ3v) is 5.89. The minimum absolute atomic E-state index is 0.271. The first-order valence-electron chi connectivity index (χ1n) is 10.7. The predicted molar refractivity (Wildman–Crippen MR) is 127 cm³/mol. The summed E-state index contributed by atoms with van der Waals surface area (Å²) in [5.41, 5.74) is 9.12. The Kier molecular flexibility index (Phi) is 7.09. The van der Waals surface area contributed by atoms with Gasteiger partial charge in [-0.25, -0.2) is 4.98 Å². The number of ether oxygens (including phenoxy) is 1. The van der Waals surface area contributed by atoms with Gasteiger partial charge in [-0.15, -0.1) is 0 Å². The zero-order chi connectivity index (χ0) is 22.5. The quantitative estimate of drug-likeness (QED) is 0.567. The summed E-state index contributed by atoms with van der Waals surface area (Å²) in [4.78, 5) is 13.0. The van der Waals surface area contributed by atoms with Gasteiger partial charge in [0.25, 0.3) is 0 Å². The number of benzene rings is 2. The number of anilines is 2. The highest BCUT2D eigenvalue weighted by molar-refractivity contribution is 6.30. The van der Waals surface area contributed by atoms with Gasteiger partial charge in [-0.2, -0.15) is 4.98 Å². The first kappa shape index (κ1) is 22.3. The molecule has 1 saturated heterocycles. The van der Waals surface area contributed by atoms with E-state index in [1.54, 1.807) is 6.92 Å². The lowest BCUT2D eigenvalue weighted by molar-refractivity contribution is 0.0152. The number of nitrogen functional groups attached to an aromatic ring is 1. The Morgan fingerprint density at radius 2 is 1.69 bits per heavy atom. The Bertz CT molecular complexity index is 1020. The summed E-state index contributed by atoms with van der Waals surface area (Å²) < 4.78 is 5.88. The fourth-order valence-corrected chi connectivity index (χ4v) is 3.91. The van der Waals surface area contributed by atoms with E-state index in [2.05, 4.69) is 27.0 Å². The molecule has 0 bridgehead atoms. The van der Waals surface area contributed by atoms with Gasteiger partial charge >= 0.3 is 0 Å². The molecule has 1 aromatic heterocycles. The molecule has 1 aliphatic heterocycles. The van der Waals surface area contributed by atoms with Crippen LogP contribution in [0.5, 0.6) is 5.75 Å². The Balaban J connectivity index is 1.41. The van der Waals surface area contributed by atoms with E-state index in [0.29, 0.717) is 18.1 Å². The van der Waals surface area contributed by atoms with E-state index >= 15 is 0 Å². The number of rotatable bonds is 7. The van der Waals surface area contributed by atoms with Crippen molar-refractivity contribution in [2.24, 2.45) is 0 Å². The highest BCUT2D eigenvalue weighted by Crippen LogP contribution is 2.24. The number of hydrogen-bond acceptors (Lipinski definition) is 7. The van der Waals surface area contributed by atoms with Crippen molar-refractivity contribution >= 4 is 23.4 Å². The van der Waals surface area contributed by atoms with Crippen molar-refractivity contribution in [3.05, 3.63) is 76.4 Å². The van der Waals surface area contributed by atoms with E-state index in [-0.39, 0.29) is 5.95 Å². The molecule has 2 heterocycles. The highest BCUT2D eigenvalue weighted by Gasteiger charge is 2.23.